The SMILES string of the molecule is C[N+](C)(C)Cc1ccc(C(=O)c2ccccc2)cc1.C[N+](C)(C)Cc1ccc(C(=O)c2ccccc2)cc1.[Br-].[Cl-]. The molecule has 0 radical (unpaired) electrons. The molecule has 40 heavy (non-hydrogen) atoms. The fraction of sp³-hybridized carbons (Fsp3) is 0.235. The Morgan fingerprint density at radius 2 is 0.700 bits per heavy atom. The monoisotopic (exact) mass is 622 g/mol. The molecule has 0 unspecified atom stereocenters. The van der Waals surface area contributed by atoms with Crippen molar-refractivity contribution in [3.05, 3.63) is 143 Å². The van der Waals surface area contributed by atoms with Gasteiger partial charge in [0.25, 0.3) is 0 Å². The van der Waals surface area contributed by atoms with E-state index in [1.165, 1.54) is 11.1 Å². The average Bonchev–Trinajstić information content (AvgIpc) is 2.88. The topological polar surface area (TPSA) is 34.1 Å². The minimum atomic E-state index is 0. The van der Waals surface area contributed by atoms with Gasteiger partial charge in [0.05, 0.1) is 42.3 Å². The van der Waals surface area contributed by atoms with Crippen molar-refractivity contribution in [3.63, 3.8) is 0 Å². The normalized spacial score (nSPS) is 10.8. The molecule has 0 N–H and O–H groups in total. The molecule has 4 aromatic carbocycles. The number of carbonyl (C=O) groups is 2. The van der Waals surface area contributed by atoms with Crippen molar-refractivity contribution in [2.45, 2.75) is 13.1 Å². The van der Waals surface area contributed by atoms with Crippen molar-refractivity contribution in [2.24, 2.45) is 0 Å². The summed E-state index contributed by atoms with van der Waals surface area (Å²) >= 11 is 0. The summed E-state index contributed by atoms with van der Waals surface area (Å²) in [4.78, 5) is 24.5. The molecule has 0 saturated carbocycles. The van der Waals surface area contributed by atoms with Gasteiger partial charge in [-0.1, -0.05) is 109 Å². The number of quaternary nitrogens is 2. The minimum absolute atomic E-state index is 0. The zero-order chi connectivity index (χ0) is 27.8. The van der Waals surface area contributed by atoms with E-state index in [2.05, 4.69) is 42.3 Å². The quantitative estimate of drug-likeness (QED) is 0.209. The molecule has 0 saturated heterocycles. The number of benzene rings is 4. The smallest absolute Gasteiger partial charge is 0.193 e. The molecule has 0 aromatic heterocycles. The molecule has 4 aromatic rings. The summed E-state index contributed by atoms with van der Waals surface area (Å²) < 4.78 is 1.76. The molecule has 4 nitrogen and oxygen atoms in total. The highest BCUT2D eigenvalue weighted by atomic mass is 79.9. The van der Waals surface area contributed by atoms with Gasteiger partial charge in [0.1, 0.15) is 13.1 Å². The second-order valence-electron chi connectivity index (χ2n) is 11.7. The number of hydrogen-bond donors (Lipinski definition) is 0. The Hall–Kier alpha value is -3.09. The van der Waals surface area contributed by atoms with Crippen molar-refractivity contribution in [1.29, 1.82) is 0 Å². The molecule has 0 aliphatic rings. The van der Waals surface area contributed by atoms with Gasteiger partial charge >= 0.3 is 0 Å². The van der Waals surface area contributed by atoms with Crippen molar-refractivity contribution < 1.29 is 47.9 Å². The summed E-state index contributed by atoms with van der Waals surface area (Å²) in [5, 5.41) is 0. The van der Waals surface area contributed by atoms with Crippen LogP contribution in [0.3, 0.4) is 0 Å². The first-order valence-electron chi connectivity index (χ1n) is 12.9. The van der Waals surface area contributed by atoms with Crippen LogP contribution in [0.25, 0.3) is 0 Å². The molecule has 4 rings (SSSR count). The number of rotatable bonds is 8. The molecule has 0 fully saturated rings. The summed E-state index contributed by atoms with van der Waals surface area (Å²) in [5.41, 5.74) is 5.46. The van der Waals surface area contributed by atoms with E-state index in [-0.39, 0.29) is 41.0 Å². The fourth-order valence-electron chi connectivity index (χ4n) is 4.13. The van der Waals surface area contributed by atoms with Gasteiger partial charge in [0.15, 0.2) is 11.6 Å². The van der Waals surface area contributed by atoms with Gasteiger partial charge in [-0.05, 0) is 0 Å². The molecule has 0 spiro atoms. The fourth-order valence-corrected chi connectivity index (χ4v) is 4.13. The van der Waals surface area contributed by atoms with Crippen molar-refractivity contribution >= 4 is 11.6 Å². The van der Waals surface area contributed by atoms with Gasteiger partial charge in [-0.2, -0.15) is 0 Å². The second kappa shape index (κ2) is 15.6. The van der Waals surface area contributed by atoms with Crippen molar-refractivity contribution in [3.8, 4) is 0 Å². The van der Waals surface area contributed by atoms with E-state index in [0.29, 0.717) is 0 Å². The lowest BCUT2D eigenvalue weighted by Crippen LogP contribution is -3.00. The van der Waals surface area contributed by atoms with Crippen molar-refractivity contribution in [1.82, 2.24) is 0 Å². The number of carbonyl (C=O) groups excluding carboxylic acids is 2. The first-order chi connectivity index (χ1) is 17.9. The maximum absolute atomic E-state index is 12.2. The van der Waals surface area contributed by atoms with Crippen LogP contribution in [0.2, 0.25) is 0 Å². The number of nitrogens with zero attached hydrogens (tertiary/aromatic N) is 2. The summed E-state index contributed by atoms with van der Waals surface area (Å²) in [6, 6.07) is 34.6. The van der Waals surface area contributed by atoms with E-state index in [9.17, 15) is 9.59 Å². The largest absolute Gasteiger partial charge is 1.00 e. The molecule has 0 atom stereocenters. The Kier molecular flexibility index (Phi) is 13.7. The Morgan fingerprint density at radius 3 is 0.950 bits per heavy atom. The third-order valence-corrected chi connectivity index (χ3v) is 5.82. The lowest BCUT2D eigenvalue weighted by atomic mass is 10.0. The maximum Gasteiger partial charge on any atom is 0.193 e. The van der Waals surface area contributed by atoms with Crippen molar-refractivity contribution in [2.75, 3.05) is 42.3 Å². The van der Waals surface area contributed by atoms with E-state index in [1.807, 2.05) is 109 Å². The predicted molar refractivity (Wildman–Crippen MR) is 156 cm³/mol. The first kappa shape index (κ1) is 34.9. The van der Waals surface area contributed by atoms with E-state index >= 15 is 0 Å². The Morgan fingerprint density at radius 1 is 0.450 bits per heavy atom. The standard InChI is InChI=1S/2C17H20NO.BrH.ClH/c2*1-18(2,3)13-14-9-11-16(12-10-14)17(19)15-7-5-4-6-8-15;;/h2*4-12H,13H2,1-3H3;2*1H/q2*+1;;/p-2. The molecule has 0 bridgehead atoms. The van der Waals surface area contributed by atoms with E-state index in [4.69, 9.17) is 0 Å². The number of ketones is 2. The van der Waals surface area contributed by atoms with Gasteiger partial charge in [-0.15, -0.1) is 0 Å². The molecule has 6 heteroatoms. The minimum Gasteiger partial charge on any atom is -1.00 e. The van der Waals surface area contributed by atoms with Crippen LogP contribution in [0.5, 0.6) is 0 Å². The lowest BCUT2D eigenvalue weighted by molar-refractivity contribution is -0.884. The third-order valence-electron chi connectivity index (χ3n) is 5.82. The van der Waals surface area contributed by atoms with Gasteiger partial charge in [0.2, 0.25) is 0 Å². The molecule has 0 aliphatic heterocycles. The highest BCUT2D eigenvalue weighted by Gasteiger charge is 2.12. The Balaban J connectivity index is 0.000000381. The molecule has 212 valence electrons. The van der Waals surface area contributed by atoms with Gasteiger partial charge in [-0.3, -0.25) is 9.59 Å². The Bertz CT molecular complexity index is 1220. The zero-order valence-corrected chi connectivity index (χ0v) is 26.6. The number of hydrogen-bond acceptors (Lipinski definition) is 2. The highest BCUT2D eigenvalue weighted by Crippen LogP contribution is 2.14. The van der Waals surface area contributed by atoms with Gasteiger partial charge in [-0.25, -0.2) is 0 Å². The predicted octanol–water partition coefficient (Wildman–Crippen LogP) is 0.256. The third kappa shape index (κ3) is 11.6. The zero-order valence-electron chi connectivity index (χ0n) is 24.3. The molecule has 0 amide bonds. The molecular formula is C34H40BrClN2O2. The van der Waals surface area contributed by atoms with Crippen LogP contribution >= 0.6 is 0 Å². The summed E-state index contributed by atoms with van der Waals surface area (Å²) in [6.07, 6.45) is 0. The summed E-state index contributed by atoms with van der Waals surface area (Å²) in [5.74, 6) is 0.162. The van der Waals surface area contributed by atoms with Crippen LogP contribution in [0, 0.1) is 0 Å². The Labute approximate surface area is 256 Å². The van der Waals surface area contributed by atoms with E-state index < -0.39 is 0 Å². The van der Waals surface area contributed by atoms with Crippen LogP contribution in [-0.4, -0.2) is 62.8 Å². The van der Waals surface area contributed by atoms with Crippen LogP contribution in [0.1, 0.15) is 43.0 Å². The molecule has 0 aliphatic carbocycles. The maximum atomic E-state index is 12.2. The van der Waals surface area contributed by atoms with E-state index in [1.54, 1.807) is 0 Å². The van der Waals surface area contributed by atoms with Crippen LogP contribution in [-0.2, 0) is 13.1 Å². The second-order valence-corrected chi connectivity index (χ2v) is 11.7. The lowest BCUT2D eigenvalue weighted by Gasteiger charge is -2.23. The summed E-state index contributed by atoms with van der Waals surface area (Å²) in [7, 11) is 12.9. The van der Waals surface area contributed by atoms with E-state index in [0.717, 1.165) is 44.3 Å². The van der Waals surface area contributed by atoms with Gasteiger partial charge in [0, 0.05) is 33.4 Å². The first-order valence-corrected chi connectivity index (χ1v) is 12.9. The summed E-state index contributed by atoms with van der Waals surface area (Å²) in [6.45, 7) is 1.92. The molecular weight excluding hydrogens is 584 g/mol. The van der Waals surface area contributed by atoms with Crippen LogP contribution in [0.4, 0.5) is 0 Å². The van der Waals surface area contributed by atoms with Crippen LogP contribution < -0.4 is 29.4 Å². The highest BCUT2D eigenvalue weighted by molar-refractivity contribution is 6.09. The average molecular weight is 624 g/mol. The molecule has 0 heterocycles. The number of halogens is 2. The van der Waals surface area contributed by atoms with Gasteiger partial charge < -0.3 is 38.4 Å². The van der Waals surface area contributed by atoms with Crippen LogP contribution in [0.15, 0.2) is 109 Å².